The fourth-order valence-corrected chi connectivity index (χ4v) is 3.14. The normalized spacial score (nSPS) is 11.2. The number of alkyl halides is 1. The van der Waals surface area contributed by atoms with Gasteiger partial charge in [-0.2, -0.15) is 5.10 Å². The molecular weight excluding hydrogens is 402 g/mol. The highest BCUT2D eigenvalue weighted by molar-refractivity contribution is 6.26. The number of hydrogen-bond donors (Lipinski definition) is 1. The number of hydrogen-bond acceptors (Lipinski definition) is 4. The Morgan fingerprint density at radius 1 is 1.20 bits per heavy atom. The summed E-state index contributed by atoms with van der Waals surface area (Å²) < 4.78 is 6.71. The molecule has 2 aromatic carbocycles. The largest absolute Gasteiger partial charge is 0.462 e. The van der Waals surface area contributed by atoms with Crippen molar-refractivity contribution < 1.29 is 14.3 Å². The van der Waals surface area contributed by atoms with Gasteiger partial charge in [0.05, 0.1) is 11.1 Å². The van der Waals surface area contributed by atoms with Gasteiger partial charge in [-0.05, 0) is 49.2 Å². The van der Waals surface area contributed by atoms with Gasteiger partial charge in [-0.15, -0.1) is 18.0 Å². The van der Waals surface area contributed by atoms with E-state index in [9.17, 15) is 9.59 Å². The molecule has 0 spiro atoms. The number of nitrogens with zero attached hydrogens (tertiary/aromatic N) is 2. The minimum atomic E-state index is -0.776. The van der Waals surface area contributed by atoms with Gasteiger partial charge in [0.1, 0.15) is 12.5 Å². The molecule has 0 fully saturated rings. The molecular formula is C23H22ClN3O3. The summed E-state index contributed by atoms with van der Waals surface area (Å²) in [6.07, 6.45) is 5.42. The van der Waals surface area contributed by atoms with Crippen LogP contribution in [0.2, 0.25) is 0 Å². The summed E-state index contributed by atoms with van der Waals surface area (Å²) in [4.78, 5) is 24.1. The summed E-state index contributed by atoms with van der Waals surface area (Å²) in [5.74, 6) is 1.49. The Labute approximate surface area is 180 Å². The van der Waals surface area contributed by atoms with Crippen LogP contribution >= 0.6 is 11.6 Å². The maximum Gasteiger partial charge on any atom is 0.320 e. The standard InChI is InChI=1S/C23H22ClN3O3/c1-5-15-6-8-16(9-7-15)17-10-11-18-19(12-17)27(4)26-21(18)22(29)25-23(2,3)14-30-20(28)13-24/h1,6-12H,13-14H2,2-4H3,(H,25,29). The van der Waals surface area contributed by atoms with Gasteiger partial charge in [0, 0.05) is 18.0 Å². The van der Waals surface area contributed by atoms with Crippen LogP contribution in [0.4, 0.5) is 0 Å². The van der Waals surface area contributed by atoms with Crippen molar-refractivity contribution in [3.05, 3.63) is 53.7 Å². The van der Waals surface area contributed by atoms with Crippen LogP contribution in [0.5, 0.6) is 0 Å². The highest BCUT2D eigenvalue weighted by atomic mass is 35.5. The van der Waals surface area contributed by atoms with E-state index in [0.717, 1.165) is 27.6 Å². The van der Waals surface area contributed by atoms with Gasteiger partial charge in [0.2, 0.25) is 0 Å². The number of carbonyl (C=O) groups is 2. The molecule has 7 heteroatoms. The fraction of sp³-hybridized carbons (Fsp3) is 0.261. The van der Waals surface area contributed by atoms with Gasteiger partial charge < -0.3 is 10.1 Å². The lowest BCUT2D eigenvalue weighted by molar-refractivity contribution is -0.142. The minimum Gasteiger partial charge on any atom is -0.462 e. The zero-order valence-electron chi connectivity index (χ0n) is 17.0. The second kappa shape index (κ2) is 8.60. The smallest absolute Gasteiger partial charge is 0.320 e. The summed E-state index contributed by atoms with van der Waals surface area (Å²) in [5, 5.41) is 7.99. The Hall–Kier alpha value is -3.30. The molecule has 0 saturated heterocycles. The first-order valence-corrected chi connectivity index (χ1v) is 9.85. The van der Waals surface area contributed by atoms with E-state index in [0.29, 0.717) is 5.69 Å². The third kappa shape index (κ3) is 4.64. The van der Waals surface area contributed by atoms with E-state index >= 15 is 0 Å². The molecule has 1 aromatic heterocycles. The van der Waals surface area contributed by atoms with E-state index in [1.54, 1.807) is 25.6 Å². The van der Waals surface area contributed by atoms with Crippen LogP contribution in [0, 0.1) is 12.3 Å². The summed E-state index contributed by atoms with van der Waals surface area (Å²) in [6.45, 7) is 3.53. The van der Waals surface area contributed by atoms with Crippen LogP contribution in [-0.4, -0.2) is 39.7 Å². The average Bonchev–Trinajstić information content (AvgIpc) is 3.08. The van der Waals surface area contributed by atoms with Gasteiger partial charge in [-0.1, -0.05) is 24.1 Å². The van der Waals surface area contributed by atoms with Crippen LogP contribution in [0.3, 0.4) is 0 Å². The second-order valence-electron chi connectivity index (χ2n) is 7.56. The van der Waals surface area contributed by atoms with Gasteiger partial charge in [0.25, 0.3) is 5.91 Å². The molecule has 0 radical (unpaired) electrons. The van der Waals surface area contributed by atoms with Crippen LogP contribution in [-0.2, 0) is 16.6 Å². The summed E-state index contributed by atoms with van der Waals surface area (Å²) in [6, 6.07) is 13.5. The van der Waals surface area contributed by atoms with E-state index < -0.39 is 11.5 Å². The van der Waals surface area contributed by atoms with Crippen molar-refractivity contribution in [2.75, 3.05) is 12.5 Å². The van der Waals surface area contributed by atoms with Crippen molar-refractivity contribution in [2.24, 2.45) is 7.05 Å². The molecule has 0 aliphatic carbocycles. The van der Waals surface area contributed by atoms with Crippen LogP contribution < -0.4 is 5.32 Å². The Morgan fingerprint density at radius 2 is 1.87 bits per heavy atom. The number of rotatable bonds is 6. The lowest BCUT2D eigenvalue weighted by Gasteiger charge is -2.25. The second-order valence-corrected chi connectivity index (χ2v) is 7.83. The monoisotopic (exact) mass is 423 g/mol. The number of amides is 1. The molecule has 3 rings (SSSR count). The molecule has 1 N–H and O–H groups in total. The van der Waals surface area contributed by atoms with E-state index in [4.69, 9.17) is 22.8 Å². The number of nitrogens with one attached hydrogen (secondary N) is 1. The number of carbonyl (C=O) groups excluding carboxylic acids is 2. The number of benzene rings is 2. The molecule has 0 saturated carbocycles. The summed E-state index contributed by atoms with van der Waals surface area (Å²) in [7, 11) is 1.79. The maximum atomic E-state index is 12.9. The quantitative estimate of drug-likeness (QED) is 0.374. The molecule has 30 heavy (non-hydrogen) atoms. The molecule has 6 nitrogen and oxygen atoms in total. The first-order valence-electron chi connectivity index (χ1n) is 9.32. The number of fused-ring (bicyclic) bond motifs is 1. The maximum absolute atomic E-state index is 12.9. The van der Waals surface area contributed by atoms with Gasteiger partial charge in [-0.25, -0.2) is 0 Å². The molecule has 0 bridgehead atoms. The van der Waals surface area contributed by atoms with Crippen molar-refractivity contribution >= 4 is 34.4 Å². The van der Waals surface area contributed by atoms with Gasteiger partial charge >= 0.3 is 5.97 Å². The minimum absolute atomic E-state index is 0.00681. The molecule has 0 atom stereocenters. The highest BCUT2D eigenvalue weighted by Crippen LogP contribution is 2.26. The SMILES string of the molecule is C#Cc1ccc(-c2ccc3c(C(=O)NC(C)(C)COC(=O)CCl)nn(C)c3c2)cc1. The fourth-order valence-electron chi connectivity index (χ4n) is 3.07. The number of aromatic nitrogens is 2. The molecule has 3 aromatic rings. The highest BCUT2D eigenvalue weighted by Gasteiger charge is 2.26. The first kappa shape index (κ1) is 21.4. The third-order valence-corrected chi connectivity index (χ3v) is 4.82. The first-order chi connectivity index (χ1) is 14.2. The van der Waals surface area contributed by atoms with Crippen molar-refractivity contribution in [3.8, 4) is 23.5 Å². The lowest BCUT2D eigenvalue weighted by atomic mass is 10.0. The molecule has 154 valence electrons. The molecule has 0 aliphatic heterocycles. The van der Waals surface area contributed by atoms with Crippen LogP contribution in [0.25, 0.3) is 22.0 Å². The Bertz CT molecular complexity index is 1140. The van der Waals surface area contributed by atoms with Crippen molar-refractivity contribution in [2.45, 2.75) is 19.4 Å². The zero-order valence-corrected chi connectivity index (χ0v) is 17.8. The predicted octanol–water partition coefficient (Wildman–Crippen LogP) is 3.51. The molecule has 0 unspecified atom stereocenters. The summed E-state index contributed by atoms with van der Waals surface area (Å²) >= 11 is 5.44. The van der Waals surface area contributed by atoms with Crippen molar-refractivity contribution in [1.82, 2.24) is 15.1 Å². The molecule has 1 heterocycles. The average molecular weight is 424 g/mol. The number of terminal acetylenes is 1. The van der Waals surface area contributed by atoms with E-state index in [1.165, 1.54) is 0 Å². The number of ether oxygens (including phenoxy) is 1. The zero-order chi connectivity index (χ0) is 21.9. The lowest BCUT2D eigenvalue weighted by Crippen LogP contribution is -2.47. The van der Waals surface area contributed by atoms with Crippen LogP contribution in [0.1, 0.15) is 29.9 Å². The Balaban J connectivity index is 1.86. The van der Waals surface area contributed by atoms with Gasteiger partial charge in [-0.3, -0.25) is 14.3 Å². The van der Waals surface area contributed by atoms with Crippen molar-refractivity contribution in [1.29, 1.82) is 0 Å². The Kier molecular flexibility index (Phi) is 6.14. The number of esters is 1. The Morgan fingerprint density at radius 3 is 2.50 bits per heavy atom. The van der Waals surface area contributed by atoms with E-state index in [1.807, 2.05) is 42.5 Å². The summed E-state index contributed by atoms with van der Waals surface area (Å²) in [5.41, 5.74) is 3.18. The van der Waals surface area contributed by atoms with Crippen molar-refractivity contribution in [3.63, 3.8) is 0 Å². The van der Waals surface area contributed by atoms with E-state index in [-0.39, 0.29) is 18.4 Å². The number of aryl methyl sites for hydroxylation is 1. The molecule has 1 amide bonds. The molecule has 0 aliphatic rings. The van der Waals surface area contributed by atoms with Gasteiger partial charge in [0.15, 0.2) is 5.69 Å². The predicted molar refractivity (Wildman–Crippen MR) is 117 cm³/mol. The topological polar surface area (TPSA) is 73.2 Å². The van der Waals surface area contributed by atoms with Crippen LogP contribution in [0.15, 0.2) is 42.5 Å². The number of halogens is 1. The van der Waals surface area contributed by atoms with E-state index in [2.05, 4.69) is 16.3 Å². The third-order valence-electron chi connectivity index (χ3n) is 4.61.